The molecule has 0 aromatic heterocycles. The molecule has 0 radical (unpaired) electrons. The molecule has 2 N–H and O–H groups in total. The average molecular weight is 926 g/mol. The molecule has 4 atom stereocenters. The summed E-state index contributed by atoms with van der Waals surface area (Å²) in [7, 11) is 0. The van der Waals surface area contributed by atoms with Crippen molar-refractivity contribution in [2.75, 3.05) is 59.2 Å². The minimum Gasteiger partial charge on any atom is 0.0612 e. The zero-order valence-corrected chi connectivity index (χ0v) is 35.3. The number of benzene rings is 2. The maximum absolute atomic E-state index is 14.2. The number of alkyl halides is 2. The van der Waals surface area contributed by atoms with Crippen molar-refractivity contribution >= 4 is 23.8 Å². The molecule has 5 rings (SSSR count). The molecule has 4 amide bonds. The summed E-state index contributed by atoms with van der Waals surface area (Å²) < 4.78 is 66.4. The summed E-state index contributed by atoms with van der Waals surface area (Å²) in [6, 6.07) is 9.05. The number of carbonyl (C=O) groups excluding carboxylic acids is 4. The molecule has 2 aromatic carbocycles. The van der Waals surface area contributed by atoms with Gasteiger partial charge in [-0.1, -0.05) is 26.5 Å². The number of ether oxygens (including phenoxy) is 4. The molecule has 2 saturated heterocycles. The summed E-state index contributed by atoms with van der Waals surface area (Å²) in [6.07, 6.45) is 1.44. The van der Waals surface area contributed by atoms with Crippen molar-refractivity contribution in [2.24, 2.45) is 11.8 Å². The van der Waals surface area contributed by atoms with Gasteiger partial charge in [0.15, 0.2) is 12.3 Å². The van der Waals surface area contributed by atoms with Gasteiger partial charge in [0.1, 0.15) is 11.6 Å². The Kier molecular flexibility index (Phi) is 16.7. The zero-order chi connectivity index (χ0) is 41.8. The predicted molar refractivity (Wildman–Crippen MR) is 206 cm³/mol. The second-order valence-corrected chi connectivity index (χ2v) is 18.3. The second-order valence-electron chi connectivity index (χ2n) is 15.0. The standard InChI is InChI=1S/C42H53F3IN4O8/c1-5-39(51)50-23-35(45)38(24-50)58-42(54)47-13-15-55-16-17-56-37-21-31(44)7-9-34(37)27(4)46-12-10-40(52)49-14-11-29(22-49)41(53)48-32-18-28(19-32)25-57-36-20-30(43)6-8-33(36)26(2)3/h5-10,12,20-21,26-29,32,35,38H,1,11,13-19,22-25H2,2-4H3,(H,47,54)(H,48,53)/q-1/b12-10+/t27?,28?,29?,32?,35-,38+/m0/s1. The van der Waals surface area contributed by atoms with Gasteiger partial charge in [-0.25, -0.2) is 8.78 Å². The zero-order valence-electron chi connectivity index (χ0n) is 33.1. The van der Waals surface area contributed by atoms with E-state index in [9.17, 15) is 32.3 Å². The van der Waals surface area contributed by atoms with Crippen LogP contribution in [-0.2, 0) is 23.9 Å². The minimum absolute atomic E-state index is 0.000241. The van der Waals surface area contributed by atoms with Crippen LogP contribution in [0.3, 0.4) is 0 Å². The third kappa shape index (κ3) is 12.8. The van der Waals surface area contributed by atoms with Crippen molar-refractivity contribution in [1.29, 1.82) is 0 Å². The van der Waals surface area contributed by atoms with Gasteiger partial charge in [-0.15, -0.1) is 0 Å². The van der Waals surface area contributed by atoms with E-state index < -0.39 is 51.3 Å². The van der Waals surface area contributed by atoms with Crippen molar-refractivity contribution in [1.82, 2.24) is 20.4 Å². The fourth-order valence-corrected chi connectivity index (χ4v) is 9.05. The molecular formula is C42H53F3IN4O8-. The predicted octanol–water partition coefficient (Wildman–Crippen LogP) is 2.43. The number of nitrogens with zero attached hydrogens (tertiary/aromatic N) is 2. The van der Waals surface area contributed by atoms with Gasteiger partial charge < -0.3 is 9.64 Å². The Morgan fingerprint density at radius 3 is 2.33 bits per heavy atom. The molecular weight excluding hydrogens is 872 g/mol. The summed E-state index contributed by atoms with van der Waals surface area (Å²) in [5.74, 6) is -0.229. The molecule has 1 aliphatic carbocycles. The van der Waals surface area contributed by atoms with Crippen LogP contribution in [0.2, 0.25) is 0 Å². The van der Waals surface area contributed by atoms with Crippen LogP contribution in [0.25, 0.3) is 0 Å². The molecule has 3 aliphatic rings. The molecule has 58 heavy (non-hydrogen) atoms. The van der Waals surface area contributed by atoms with Crippen LogP contribution in [0, 0.1) is 23.5 Å². The first-order chi connectivity index (χ1) is 27.8. The maximum atomic E-state index is 14.2. The Labute approximate surface area is 348 Å². The number of amides is 4. The summed E-state index contributed by atoms with van der Waals surface area (Å²) in [4.78, 5) is 52.7. The van der Waals surface area contributed by atoms with Crippen LogP contribution in [0.15, 0.2) is 59.2 Å². The molecule has 2 unspecified atom stereocenters. The van der Waals surface area contributed by atoms with E-state index in [-0.39, 0.29) is 84.8 Å². The van der Waals surface area contributed by atoms with Crippen molar-refractivity contribution in [3.63, 3.8) is 0 Å². The Morgan fingerprint density at radius 1 is 0.914 bits per heavy atom. The quantitative estimate of drug-likeness (QED) is 0.0951. The van der Waals surface area contributed by atoms with E-state index in [1.54, 1.807) is 23.1 Å². The van der Waals surface area contributed by atoms with Crippen LogP contribution in [0.1, 0.15) is 61.0 Å². The number of alkyl carbamates (subject to hydrolysis) is 1. The first-order valence-corrected chi connectivity index (χ1v) is 22.1. The molecule has 1 saturated carbocycles. The molecule has 2 aromatic rings. The van der Waals surface area contributed by atoms with Gasteiger partial charge in [0, 0.05) is 6.07 Å². The van der Waals surface area contributed by atoms with Crippen LogP contribution in [0.5, 0.6) is 11.5 Å². The first-order valence-electron chi connectivity index (χ1n) is 19.6. The minimum atomic E-state index is -1.49. The number of rotatable bonds is 19. The molecule has 16 heteroatoms. The van der Waals surface area contributed by atoms with Gasteiger partial charge in [-0.2, -0.15) is 0 Å². The van der Waals surface area contributed by atoms with Crippen LogP contribution in [-0.4, -0.2) is 111 Å². The Hall–Kier alpha value is -4.32. The van der Waals surface area contributed by atoms with E-state index in [1.807, 2.05) is 24.9 Å². The second kappa shape index (κ2) is 21.6. The molecule has 0 bridgehead atoms. The maximum Gasteiger partial charge on any atom is 0.0612 e. The summed E-state index contributed by atoms with van der Waals surface area (Å²) in [5, 5.41) is 5.60. The fourth-order valence-electron chi connectivity index (χ4n) is 7.01. The van der Waals surface area contributed by atoms with Gasteiger partial charge >= 0.3 is 227 Å². The third-order valence-corrected chi connectivity index (χ3v) is 12.9. The topological polar surface area (TPSA) is 136 Å². The smallest absolute Gasteiger partial charge is 0.0612 e. The van der Waals surface area contributed by atoms with Crippen LogP contribution < -0.4 is 41.3 Å². The molecule has 2 aliphatic heterocycles. The van der Waals surface area contributed by atoms with Crippen molar-refractivity contribution in [3.8, 4) is 11.5 Å². The molecule has 12 nitrogen and oxygen atoms in total. The summed E-state index contributed by atoms with van der Waals surface area (Å²) >= 11 is -0.673. The van der Waals surface area contributed by atoms with Gasteiger partial charge in [0.25, 0.3) is 0 Å². The average Bonchev–Trinajstić information content (AvgIpc) is 3.82. The molecule has 318 valence electrons. The number of hydrogen-bond donors (Lipinski definition) is 2. The van der Waals surface area contributed by atoms with Crippen molar-refractivity contribution in [2.45, 2.75) is 68.2 Å². The van der Waals surface area contributed by atoms with Crippen LogP contribution in [0.4, 0.5) is 18.0 Å². The Balaban J connectivity index is 0.954. The third-order valence-electron chi connectivity index (χ3n) is 10.3. The number of hydrogen-bond acceptors (Lipinski definition) is 8. The SMILES string of the molecule is C=CC(=O)N1C[C@H](F)[C@H](OC(=O)NCCOCCOc2cc(F)ccc2C(C)[I-]/C=C/C(=O)N2CCC(C(=O)NC3CC(COc4cc(F)ccc4C(C)C)C3)C2)C1. The van der Waals surface area contributed by atoms with Gasteiger partial charge in [0.2, 0.25) is 5.91 Å². The monoisotopic (exact) mass is 925 g/mol. The van der Waals surface area contributed by atoms with E-state index in [0.29, 0.717) is 37.6 Å². The van der Waals surface area contributed by atoms with E-state index in [1.165, 1.54) is 29.2 Å². The summed E-state index contributed by atoms with van der Waals surface area (Å²) in [6.45, 7) is 11.0. The van der Waals surface area contributed by atoms with E-state index in [0.717, 1.165) is 30.0 Å². The number of likely N-dealkylation sites (tertiary alicyclic amines) is 2. The first kappa shape index (κ1) is 44.8. The van der Waals surface area contributed by atoms with E-state index in [4.69, 9.17) is 18.9 Å². The molecule has 2 heterocycles. The van der Waals surface area contributed by atoms with Gasteiger partial charge in [-0.05, 0) is 23.6 Å². The van der Waals surface area contributed by atoms with Gasteiger partial charge in [0.05, 0.1) is 13.1 Å². The van der Waals surface area contributed by atoms with Crippen LogP contribution >= 0.6 is 0 Å². The summed E-state index contributed by atoms with van der Waals surface area (Å²) in [5.41, 5.74) is 1.77. The van der Waals surface area contributed by atoms with E-state index >= 15 is 0 Å². The Morgan fingerprint density at radius 2 is 1.62 bits per heavy atom. The normalized spacial score (nSPS) is 22.2. The van der Waals surface area contributed by atoms with Crippen molar-refractivity contribution < 1.29 is 72.5 Å². The van der Waals surface area contributed by atoms with E-state index in [2.05, 4.69) is 17.2 Å². The van der Waals surface area contributed by atoms with Gasteiger partial charge in [-0.3, -0.25) is 4.79 Å². The van der Waals surface area contributed by atoms with Crippen molar-refractivity contribution in [3.05, 3.63) is 82.0 Å². The number of nitrogens with one attached hydrogen (secondary N) is 2. The fraction of sp³-hybridized carbons (Fsp3) is 0.524. The Bertz CT molecular complexity index is 1790. The largest absolute Gasteiger partial charge is 0.0612 e. The number of carbonyl (C=O) groups is 4. The molecule has 3 fully saturated rings. The molecule has 0 spiro atoms. The number of halogens is 4.